The van der Waals surface area contributed by atoms with Gasteiger partial charge >= 0.3 is 6.09 Å². The van der Waals surface area contributed by atoms with Crippen molar-refractivity contribution in [3.63, 3.8) is 0 Å². The second-order valence-electron chi connectivity index (χ2n) is 5.28. The van der Waals surface area contributed by atoms with E-state index in [4.69, 9.17) is 10.5 Å². The zero-order valence-corrected chi connectivity index (χ0v) is 11.5. The van der Waals surface area contributed by atoms with Crippen LogP contribution in [0.25, 0.3) is 0 Å². The normalized spacial score (nSPS) is 13.5. The van der Waals surface area contributed by atoms with Crippen molar-refractivity contribution in [3.8, 4) is 0 Å². The minimum absolute atomic E-state index is 0.0143. The molecule has 0 bridgehead atoms. The van der Waals surface area contributed by atoms with E-state index in [1.54, 1.807) is 7.05 Å². The van der Waals surface area contributed by atoms with Crippen molar-refractivity contribution < 1.29 is 9.53 Å². The number of amides is 1. The van der Waals surface area contributed by atoms with Crippen molar-refractivity contribution in [3.05, 3.63) is 0 Å². The number of hydrogen-bond acceptors (Lipinski definition) is 3. The highest BCUT2D eigenvalue weighted by Crippen LogP contribution is 2.08. The fourth-order valence-electron chi connectivity index (χ4n) is 1.06. The van der Waals surface area contributed by atoms with Gasteiger partial charge in [-0.25, -0.2) is 4.79 Å². The highest BCUT2D eigenvalue weighted by molar-refractivity contribution is 6.76. The Morgan fingerprint density at radius 3 is 2.40 bits per heavy atom. The molecule has 1 amide bonds. The lowest BCUT2D eigenvalue weighted by Crippen LogP contribution is -2.37. The molecule has 0 aromatic carbocycles. The summed E-state index contributed by atoms with van der Waals surface area (Å²) in [4.78, 5) is 13.0. The Kier molecular flexibility index (Phi) is 5.90. The van der Waals surface area contributed by atoms with Crippen molar-refractivity contribution in [2.45, 2.75) is 38.7 Å². The molecule has 0 aromatic heterocycles. The van der Waals surface area contributed by atoms with E-state index in [0.29, 0.717) is 13.2 Å². The molecule has 0 aliphatic heterocycles. The number of hydrogen-bond donors (Lipinski definition) is 1. The van der Waals surface area contributed by atoms with E-state index in [0.717, 1.165) is 6.04 Å². The Morgan fingerprint density at radius 2 is 2.00 bits per heavy atom. The number of carbonyl (C=O) groups is 1. The van der Waals surface area contributed by atoms with Gasteiger partial charge in [-0.15, -0.1) is 0 Å². The van der Waals surface area contributed by atoms with E-state index in [9.17, 15) is 4.79 Å². The molecule has 0 unspecified atom stereocenters. The maximum absolute atomic E-state index is 11.4. The van der Waals surface area contributed by atoms with Crippen LogP contribution in [0.5, 0.6) is 0 Å². The van der Waals surface area contributed by atoms with Gasteiger partial charge in [0.05, 0.1) is 6.61 Å². The predicted octanol–water partition coefficient (Wildman–Crippen LogP) is 1.74. The zero-order valence-electron chi connectivity index (χ0n) is 10.5. The van der Waals surface area contributed by atoms with E-state index in [1.807, 2.05) is 6.92 Å². The third-order valence-corrected chi connectivity index (χ3v) is 3.66. The van der Waals surface area contributed by atoms with Crippen molar-refractivity contribution in [2.75, 3.05) is 20.2 Å². The average molecular weight is 232 g/mol. The number of ether oxygens (including phenoxy) is 1. The lowest BCUT2D eigenvalue weighted by molar-refractivity contribution is 0.114. The maximum atomic E-state index is 11.4. The minimum Gasteiger partial charge on any atom is -0.450 e. The molecule has 90 valence electrons. The van der Waals surface area contributed by atoms with Crippen LogP contribution < -0.4 is 5.73 Å². The van der Waals surface area contributed by atoms with Gasteiger partial charge in [-0.2, -0.15) is 0 Å². The van der Waals surface area contributed by atoms with Crippen molar-refractivity contribution in [2.24, 2.45) is 5.73 Å². The molecule has 4 nitrogen and oxygen atoms in total. The molecular formula is C10H24N2O2Si. The molecular weight excluding hydrogens is 208 g/mol. The first-order chi connectivity index (χ1) is 6.72. The van der Waals surface area contributed by atoms with E-state index >= 15 is 0 Å². The third kappa shape index (κ3) is 8.44. The Hall–Kier alpha value is -0.553. The van der Waals surface area contributed by atoms with Crippen LogP contribution in [0.15, 0.2) is 0 Å². The number of rotatable bonds is 5. The monoisotopic (exact) mass is 232 g/mol. The summed E-state index contributed by atoms with van der Waals surface area (Å²) < 4.78 is 5.15. The molecule has 0 aliphatic carbocycles. The topological polar surface area (TPSA) is 55.6 Å². The van der Waals surface area contributed by atoms with Gasteiger partial charge in [-0.3, -0.25) is 0 Å². The lowest BCUT2D eigenvalue weighted by Gasteiger charge is -2.20. The fraction of sp³-hybridized carbons (Fsp3) is 0.900. The van der Waals surface area contributed by atoms with Crippen LogP contribution >= 0.6 is 0 Å². The largest absolute Gasteiger partial charge is 0.450 e. The van der Waals surface area contributed by atoms with E-state index < -0.39 is 8.07 Å². The van der Waals surface area contributed by atoms with Gasteiger partial charge in [0.1, 0.15) is 0 Å². The second kappa shape index (κ2) is 6.12. The predicted molar refractivity (Wildman–Crippen MR) is 65.8 cm³/mol. The Morgan fingerprint density at radius 1 is 1.47 bits per heavy atom. The Labute approximate surface area is 93.8 Å². The van der Waals surface area contributed by atoms with Gasteiger partial charge in [0, 0.05) is 27.7 Å². The Balaban J connectivity index is 3.74. The number of nitrogens with zero attached hydrogens (tertiary/aromatic N) is 1. The molecule has 0 radical (unpaired) electrons. The van der Waals surface area contributed by atoms with E-state index in [2.05, 4.69) is 19.6 Å². The first-order valence-electron chi connectivity index (χ1n) is 5.36. The van der Waals surface area contributed by atoms with Crippen LogP contribution in [0, 0.1) is 0 Å². The standard InChI is InChI=1S/C10H24N2O2Si/c1-9(11)8-12(2)10(13)14-6-7-15(3,4)5/h9H,6-8,11H2,1-5H3/t9-/m0/s1. The number of nitrogens with two attached hydrogens (primary N) is 1. The molecule has 0 heterocycles. The van der Waals surface area contributed by atoms with Crippen LogP contribution in [-0.4, -0.2) is 45.3 Å². The van der Waals surface area contributed by atoms with Crippen LogP contribution in [0.4, 0.5) is 4.79 Å². The van der Waals surface area contributed by atoms with Crippen molar-refractivity contribution in [1.82, 2.24) is 4.90 Å². The van der Waals surface area contributed by atoms with Crippen LogP contribution in [0.1, 0.15) is 6.92 Å². The molecule has 0 aromatic rings. The smallest absolute Gasteiger partial charge is 0.409 e. The summed E-state index contributed by atoms with van der Waals surface area (Å²) in [5.41, 5.74) is 5.59. The molecule has 0 rings (SSSR count). The van der Waals surface area contributed by atoms with Crippen LogP contribution in [0.2, 0.25) is 25.7 Å². The van der Waals surface area contributed by atoms with Crippen molar-refractivity contribution >= 4 is 14.2 Å². The first kappa shape index (κ1) is 14.4. The van der Waals surface area contributed by atoms with Gasteiger partial charge in [-0.1, -0.05) is 19.6 Å². The summed E-state index contributed by atoms with van der Waals surface area (Å²) >= 11 is 0. The summed E-state index contributed by atoms with van der Waals surface area (Å²) in [6.45, 7) is 9.70. The van der Waals surface area contributed by atoms with Gasteiger partial charge in [0.25, 0.3) is 0 Å². The van der Waals surface area contributed by atoms with Crippen LogP contribution in [0.3, 0.4) is 0 Å². The van der Waals surface area contributed by atoms with Gasteiger partial charge in [0.2, 0.25) is 0 Å². The molecule has 0 aliphatic rings. The summed E-state index contributed by atoms with van der Waals surface area (Å²) in [6, 6.07) is 0.990. The zero-order chi connectivity index (χ0) is 12.1. The summed E-state index contributed by atoms with van der Waals surface area (Å²) in [7, 11) is 0.597. The van der Waals surface area contributed by atoms with E-state index in [-0.39, 0.29) is 12.1 Å². The van der Waals surface area contributed by atoms with Gasteiger partial charge in [-0.05, 0) is 13.0 Å². The molecule has 0 saturated heterocycles. The molecule has 0 spiro atoms. The molecule has 5 heteroatoms. The second-order valence-corrected chi connectivity index (χ2v) is 10.9. The number of likely N-dealkylation sites (N-methyl/N-ethyl adjacent to an activating group) is 1. The molecule has 0 saturated carbocycles. The van der Waals surface area contributed by atoms with Gasteiger partial charge in [0.15, 0.2) is 0 Å². The molecule has 1 atom stereocenters. The van der Waals surface area contributed by atoms with Gasteiger partial charge < -0.3 is 15.4 Å². The maximum Gasteiger partial charge on any atom is 0.409 e. The highest BCUT2D eigenvalue weighted by Gasteiger charge is 2.15. The van der Waals surface area contributed by atoms with E-state index in [1.165, 1.54) is 4.90 Å². The summed E-state index contributed by atoms with van der Waals surface area (Å²) in [5, 5.41) is 0. The fourth-order valence-corrected chi connectivity index (χ4v) is 1.78. The summed E-state index contributed by atoms with van der Waals surface area (Å²) in [5.74, 6) is 0. The van der Waals surface area contributed by atoms with Crippen LogP contribution in [-0.2, 0) is 4.74 Å². The average Bonchev–Trinajstić information content (AvgIpc) is 2.00. The molecule has 2 N–H and O–H groups in total. The third-order valence-electron chi connectivity index (χ3n) is 1.95. The first-order valence-corrected chi connectivity index (χ1v) is 9.06. The SMILES string of the molecule is C[C@H](N)CN(C)C(=O)OCC[Si](C)(C)C. The van der Waals surface area contributed by atoms with Crippen molar-refractivity contribution in [1.29, 1.82) is 0 Å². The number of carbonyl (C=O) groups excluding carboxylic acids is 1. The summed E-state index contributed by atoms with van der Waals surface area (Å²) in [6.07, 6.45) is -0.273. The quantitative estimate of drug-likeness (QED) is 0.735. The minimum atomic E-state index is -1.11. The molecule has 15 heavy (non-hydrogen) atoms. The Bertz CT molecular complexity index is 202. The lowest BCUT2D eigenvalue weighted by atomic mass is 10.3. The molecule has 0 fully saturated rings. The highest BCUT2D eigenvalue weighted by atomic mass is 28.3.